The molecule has 0 spiro atoms. The van der Waals surface area contributed by atoms with Crippen molar-refractivity contribution in [2.45, 2.75) is 71.6 Å². The fourth-order valence-corrected chi connectivity index (χ4v) is 7.22. The lowest BCUT2D eigenvalue weighted by molar-refractivity contribution is -0.0361. The second kappa shape index (κ2) is 5.25. The molecule has 0 saturated heterocycles. The Morgan fingerprint density at radius 3 is 2.77 bits per heavy atom. The Morgan fingerprint density at radius 2 is 1.95 bits per heavy atom. The molecule has 4 aliphatic carbocycles. The lowest BCUT2D eigenvalue weighted by Crippen LogP contribution is -2.49. The molecule has 0 bridgehead atoms. The highest BCUT2D eigenvalue weighted by atomic mass is 14.6. The van der Waals surface area contributed by atoms with E-state index in [-0.39, 0.29) is 0 Å². The molecule has 0 aromatic carbocycles. The minimum atomic E-state index is 0.558. The van der Waals surface area contributed by atoms with E-state index in [2.05, 4.69) is 39.0 Å². The van der Waals surface area contributed by atoms with Crippen molar-refractivity contribution in [3.8, 4) is 0 Å². The molecule has 6 atom stereocenters. The van der Waals surface area contributed by atoms with Crippen LogP contribution in [0.5, 0.6) is 0 Å². The molecule has 0 amide bonds. The predicted molar refractivity (Wildman–Crippen MR) is 94.3 cm³/mol. The maximum absolute atomic E-state index is 3.97. The Hall–Kier alpha value is -0.520. The van der Waals surface area contributed by atoms with E-state index in [4.69, 9.17) is 0 Å². The number of hydrogen-bond acceptors (Lipinski definition) is 0. The second-order valence-corrected chi connectivity index (χ2v) is 9.12. The third-order valence-corrected chi connectivity index (χ3v) is 8.46. The van der Waals surface area contributed by atoms with E-state index >= 15 is 0 Å². The molecule has 0 heterocycles. The summed E-state index contributed by atoms with van der Waals surface area (Å²) in [5, 5.41) is 0. The second-order valence-electron chi connectivity index (χ2n) is 9.12. The first-order valence-corrected chi connectivity index (χ1v) is 9.75. The molecule has 0 aromatic heterocycles. The molecule has 4 rings (SSSR count). The molecule has 22 heavy (non-hydrogen) atoms. The van der Waals surface area contributed by atoms with Crippen molar-refractivity contribution in [1.82, 2.24) is 0 Å². The van der Waals surface area contributed by atoms with Gasteiger partial charge in [-0.15, -0.1) is 6.58 Å². The molecule has 0 N–H and O–H groups in total. The van der Waals surface area contributed by atoms with Crippen LogP contribution in [0.2, 0.25) is 0 Å². The molecule has 0 aliphatic heterocycles. The number of allylic oxidation sites excluding steroid dienone is 3. The van der Waals surface area contributed by atoms with Gasteiger partial charge in [-0.05, 0) is 92.3 Å². The first-order chi connectivity index (χ1) is 10.6. The minimum absolute atomic E-state index is 0.558. The standard InChI is InChI=1S/C22H33/c1-4-7-16-10-12-19-18-11-9-17-8-5-6-14-21(17,2)20(18)13-15-22(16,19)3/h4,7,9,16,18-20H,1,5-6,8,10-15H2,2-3H3/t16-,18?,19?,20?,21-,22+/m0/s1. The van der Waals surface area contributed by atoms with Crippen molar-refractivity contribution < 1.29 is 0 Å². The third-order valence-electron chi connectivity index (χ3n) is 8.46. The normalized spacial score (nSPS) is 50.5. The summed E-state index contributed by atoms with van der Waals surface area (Å²) >= 11 is 0. The maximum Gasteiger partial charge on any atom is -0.00853 e. The van der Waals surface area contributed by atoms with Crippen LogP contribution in [-0.4, -0.2) is 0 Å². The summed E-state index contributed by atoms with van der Waals surface area (Å²) in [5.41, 5.74) is 2.96. The van der Waals surface area contributed by atoms with Crippen molar-refractivity contribution in [3.63, 3.8) is 0 Å². The van der Waals surface area contributed by atoms with Crippen LogP contribution < -0.4 is 0 Å². The van der Waals surface area contributed by atoms with Gasteiger partial charge in [0.05, 0.1) is 0 Å². The third kappa shape index (κ3) is 1.95. The van der Waals surface area contributed by atoms with Crippen molar-refractivity contribution in [2.24, 2.45) is 34.5 Å². The summed E-state index contributed by atoms with van der Waals surface area (Å²) in [6.45, 7) is 9.20. The first-order valence-electron chi connectivity index (χ1n) is 9.75. The van der Waals surface area contributed by atoms with Crippen LogP contribution in [0.25, 0.3) is 0 Å². The van der Waals surface area contributed by atoms with Crippen LogP contribution in [0.15, 0.2) is 24.3 Å². The molecular formula is C22H33. The zero-order valence-corrected chi connectivity index (χ0v) is 14.6. The highest BCUT2D eigenvalue weighted by molar-refractivity contribution is 5.24. The summed E-state index contributed by atoms with van der Waals surface area (Å²) in [7, 11) is 0. The van der Waals surface area contributed by atoms with Gasteiger partial charge in [-0.25, -0.2) is 0 Å². The Morgan fingerprint density at radius 1 is 1.09 bits per heavy atom. The molecular weight excluding hydrogens is 264 g/mol. The molecule has 4 aliphatic rings. The largest absolute Gasteiger partial charge is 0.103 e. The Kier molecular flexibility index (Phi) is 3.59. The van der Waals surface area contributed by atoms with Gasteiger partial charge in [-0.2, -0.15) is 0 Å². The topological polar surface area (TPSA) is 0 Å². The zero-order valence-electron chi connectivity index (χ0n) is 14.6. The van der Waals surface area contributed by atoms with Crippen LogP contribution in [0.3, 0.4) is 0 Å². The van der Waals surface area contributed by atoms with Gasteiger partial charge in [0.25, 0.3) is 0 Å². The van der Waals surface area contributed by atoms with E-state index in [1.54, 1.807) is 0 Å². The fourth-order valence-electron chi connectivity index (χ4n) is 7.22. The van der Waals surface area contributed by atoms with Crippen LogP contribution in [0.4, 0.5) is 0 Å². The lowest BCUT2D eigenvalue weighted by atomic mass is 9.47. The molecule has 3 fully saturated rings. The van der Waals surface area contributed by atoms with Gasteiger partial charge in [0.1, 0.15) is 0 Å². The van der Waals surface area contributed by atoms with Crippen LogP contribution in [0.1, 0.15) is 71.6 Å². The minimum Gasteiger partial charge on any atom is -0.103 e. The predicted octanol–water partition coefficient (Wildman–Crippen LogP) is 6.35. The average molecular weight is 298 g/mol. The van der Waals surface area contributed by atoms with Crippen LogP contribution in [0, 0.1) is 40.9 Å². The summed E-state index contributed by atoms with van der Waals surface area (Å²) in [5.74, 6) is 3.70. The molecule has 0 nitrogen and oxygen atoms in total. The number of rotatable bonds is 2. The monoisotopic (exact) mass is 297 g/mol. The number of hydrogen-bond donors (Lipinski definition) is 0. The van der Waals surface area contributed by atoms with Crippen LogP contribution in [-0.2, 0) is 0 Å². The first kappa shape index (κ1) is 15.0. The Bertz CT molecular complexity index is 486. The van der Waals surface area contributed by atoms with Gasteiger partial charge in [0, 0.05) is 0 Å². The average Bonchev–Trinajstić information content (AvgIpc) is 2.84. The van der Waals surface area contributed by atoms with E-state index in [0.717, 1.165) is 23.7 Å². The molecule has 1 radical (unpaired) electrons. The zero-order chi connectivity index (χ0) is 15.4. The molecule has 3 saturated carbocycles. The lowest BCUT2D eigenvalue weighted by Gasteiger charge is -2.57. The van der Waals surface area contributed by atoms with E-state index < -0.39 is 0 Å². The Balaban J connectivity index is 1.65. The molecule has 3 unspecified atom stereocenters. The highest BCUT2D eigenvalue weighted by Gasteiger charge is 2.57. The fraction of sp³-hybridized carbons (Fsp3) is 0.773. The highest BCUT2D eigenvalue weighted by Crippen LogP contribution is 2.66. The van der Waals surface area contributed by atoms with E-state index in [1.807, 2.05) is 5.57 Å². The van der Waals surface area contributed by atoms with Crippen molar-refractivity contribution in [1.29, 1.82) is 0 Å². The van der Waals surface area contributed by atoms with Gasteiger partial charge >= 0.3 is 0 Å². The van der Waals surface area contributed by atoms with E-state index in [9.17, 15) is 0 Å². The van der Waals surface area contributed by atoms with Crippen molar-refractivity contribution >= 4 is 0 Å². The summed E-state index contributed by atoms with van der Waals surface area (Å²) in [6, 6.07) is 0. The van der Waals surface area contributed by atoms with E-state index in [0.29, 0.717) is 10.8 Å². The van der Waals surface area contributed by atoms with Gasteiger partial charge in [-0.3, -0.25) is 0 Å². The molecule has 0 aromatic rings. The van der Waals surface area contributed by atoms with Gasteiger partial charge < -0.3 is 0 Å². The molecule has 0 heteroatoms. The summed E-state index contributed by atoms with van der Waals surface area (Å²) in [4.78, 5) is 0. The van der Waals surface area contributed by atoms with Gasteiger partial charge in [-0.1, -0.05) is 38.0 Å². The van der Waals surface area contributed by atoms with Crippen LogP contribution >= 0.6 is 0 Å². The van der Waals surface area contributed by atoms with E-state index in [1.165, 1.54) is 57.8 Å². The summed E-state index contributed by atoms with van der Waals surface area (Å²) in [6.07, 6.45) is 20.1. The SMILES string of the molecule is C=C[CH][C@H]1CCC2C3CC=C4CCCC[C@]4(C)C3CC[C@@]21C. The van der Waals surface area contributed by atoms with Gasteiger partial charge in [0.2, 0.25) is 0 Å². The smallest absolute Gasteiger partial charge is 0.00853 e. The molecule has 121 valence electrons. The maximum atomic E-state index is 3.97. The summed E-state index contributed by atoms with van der Waals surface area (Å²) < 4.78 is 0. The van der Waals surface area contributed by atoms with Gasteiger partial charge in [0.15, 0.2) is 0 Å². The Labute approximate surface area is 137 Å². The number of fused-ring (bicyclic) bond motifs is 5. The van der Waals surface area contributed by atoms with Crippen molar-refractivity contribution in [2.75, 3.05) is 0 Å². The quantitative estimate of drug-likeness (QED) is 0.521. The van der Waals surface area contributed by atoms with Crippen molar-refractivity contribution in [3.05, 3.63) is 30.7 Å².